The Morgan fingerprint density at radius 3 is 2.75 bits per heavy atom. The third-order valence-corrected chi connectivity index (χ3v) is 2.60. The Bertz CT molecular complexity index is 270. The van der Waals surface area contributed by atoms with Crippen LogP contribution < -0.4 is 5.32 Å². The summed E-state index contributed by atoms with van der Waals surface area (Å²) in [6.07, 6.45) is 0.389. The average molecular weight is 230 g/mol. The van der Waals surface area contributed by atoms with Gasteiger partial charge in [-0.1, -0.05) is 6.92 Å². The van der Waals surface area contributed by atoms with Gasteiger partial charge in [-0.05, 0) is 12.3 Å². The first-order chi connectivity index (χ1) is 7.51. The van der Waals surface area contributed by atoms with Crippen molar-refractivity contribution in [3.8, 4) is 0 Å². The molecule has 2 atom stereocenters. The lowest BCUT2D eigenvalue weighted by molar-refractivity contribution is -0.138. The Labute approximate surface area is 94.6 Å². The highest BCUT2D eigenvalue weighted by molar-refractivity contribution is 5.69. The number of rotatable bonds is 3. The number of alkyl carbamates (subject to hydrolysis) is 1. The fourth-order valence-corrected chi connectivity index (χ4v) is 2.11. The lowest BCUT2D eigenvalue weighted by Gasteiger charge is -2.35. The summed E-state index contributed by atoms with van der Waals surface area (Å²) in [5, 5.41) is 11.4. The molecular formula is C10H18N2O4. The minimum atomic E-state index is -0.842. The summed E-state index contributed by atoms with van der Waals surface area (Å²) in [5.41, 5.74) is 0. The molecule has 2 N–H and O–H groups in total. The number of piperidine rings is 1. The standard InChI is InChI=1S/C10H18N2O4/c1-7-3-8(11-10(15)16-2)5-12(4-7)6-9(13)14/h7-8H,3-6H2,1-2H3,(H,11,15)(H,13,14). The zero-order valence-electron chi connectivity index (χ0n) is 9.60. The van der Waals surface area contributed by atoms with E-state index in [0.29, 0.717) is 12.5 Å². The molecular weight excluding hydrogens is 212 g/mol. The Kier molecular flexibility index (Phi) is 4.54. The molecule has 0 aliphatic carbocycles. The van der Waals surface area contributed by atoms with E-state index in [0.717, 1.165) is 13.0 Å². The highest BCUT2D eigenvalue weighted by Gasteiger charge is 2.26. The highest BCUT2D eigenvalue weighted by atomic mass is 16.5. The van der Waals surface area contributed by atoms with Crippen LogP contribution in [0.25, 0.3) is 0 Å². The minimum Gasteiger partial charge on any atom is -0.480 e. The number of aliphatic carboxylic acids is 1. The van der Waals surface area contributed by atoms with E-state index in [1.807, 2.05) is 11.8 Å². The first-order valence-corrected chi connectivity index (χ1v) is 5.30. The second kappa shape index (κ2) is 5.69. The number of methoxy groups -OCH3 is 1. The number of likely N-dealkylation sites (tertiary alicyclic amines) is 1. The average Bonchev–Trinajstić information content (AvgIpc) is 2.15. The molecule has 0 radical (unpaired) electrons. The van der Waals surface area contributed by atoms with Crippen LogP contribution in [0.5, 0.6) is 0 Å². The van der Waals surface area contributed by atoms with Crippen molar-refractivity contribution in [3.63, 3.8) is 0 Å². The summed E-state index contributed by atoms with van der Waals surface area (Å²) in [5.74, 6) is -0.471. The van der Waals surface area contributed by atoms with Gasteiger partial charge in [-0.3, -0.25) is 9.69 Å². The Morgan fingerprint density at radius 1 is 1.50 bits per heavy atom. The molecule has 1 saturated heterocycles. The molecule has 1 amide bonds. The second-order valence-electron chi connectivity index (χ2n) is 4.26. The zero-order chi connectivity index (χ0) is 12.1. The summed E-state index contributed by atoms with van der Waals surface area (Å²) in [4.78, 5) is 23.5. The maximum absolute atomic E-state index is 11.0. The van der Waals surface area contributed by atoms with E-state index < -0.39 is 12.1 Å². The van der Waals surface area contributed by atoms with Gasteiger partial charge in [-0.15, -0.1) is 0 Å². The van der Waals surface area contributed by atoms with Gasteiger partial charge < -0.3 is 15.2 Å². The number of carbonyl (C=O) groups is 2. The second-order valence-corrected chi connectivity index (χ2v) is 4.26. The molecule has 0 spiro atoms. The van der Waals surface area contributed by atoms with Gasteiger partial charge in [0.1, 0.15) is 0 Å². The fourth-order valence-electron chi connectivity index (χ4n) is 2.11. The van der Waals surface area contributed by atoms with Crippen LogP contribution in [0.4, 0.5) is 4.79 Å². The topological polar surface area (TPSA) is 78.9 Å². The van der Waals surface area contributed by atoms with Crippen LogP contribution in [0.2, 0.25) is 0 Å². The number of nitrogens with zero attached hydrogens (tertiary/aromatic N) is 1. The van der Waals surface area contributed by atoms with E-state index in [2.05, 4.69) is 10.1 Å². The van der Waals surface area contributed by atoms with E-state index in [-0.39, 0.29) is 12.6 Å². The molecule has 2 unspecified atom stereocenters. The first-order valence-electron chi connectivity index (χ1n) is 5.30. The maximum Gasteiger partial charge on any atom is 0.407 e. The molecule has 1 fully saturated rings. The fraction of sp³-hybridized carbons (Fsp3) is 0.800. The van der Waals surface area contributed by atoms with E-state index >= 15 is 0 Å². The van der Waals surface area contributed by atoms with Crippen LogP contribution >= 0.6 is 0 Å². The van der Waals surface area contributed by atoms with Crippen LogP contribution in [0.15, 0.2) is 0 Å². The third kappa shape index (κ3) is 4.06. The van der Waals surface area contributed by atoms with Gasteiger partial charge in [-0.25, -0.2) is 4.79 Å². The van der Waals surface area contributed by atoms with Crippen molar-refractivity contribution in [3.05, 3.63) is 0 Å². The predicted molar refractivity (Wildman–Crippen MR) is 57.2 cm³/mol. The normalized spacial score (nSPS) is 26.1. The third-order valence-electron chi connectivity index (χ3n) is 2.60. The number of nitrogens with one attached hydrogen (secondary N) is 1. The SMILES string of the molecule is COC(=O)NC1CC(C)CN(CC(=O)O)C1. The highest BCUT2D eigenvalue weighted by Crippen LogP contribution is 2.16. The largest absolute Gasteiger partial charge is 0.480 e. The summed E-state index contributed by atoms with van der Waals surface area (Å²) >= 11 is 0. The van der Waals surface area contributed by atoms with E-state index in [9.17, 15) is 9.59 Å². The predicted octanol–water partition coefficient (Wildman–Crippen LogP) is 0.137. The van der Waals surface area contributed by atoms with Gasteiger partial charge in [0.2, 0.25) is 0 Å². The summed E-state index contributed by atoms with van der Waals surface area (Å²) in [6, 6.07) is -0.0319. The van der Waals surface area contributed by atoms with Gasteiger partial charge in [0.05, 0.1) is 13.7 Å². The lowest BCUT2D eigenvalue weighted by atomic mass is 9.96. The van der Waals surface area contributed by atoms with Crippen molar-refractivity contribution in [1.29, 1.82) is 0 Å². The molecule has 1 heterocycles. The summed E-state index contributed by atoms with van der Waals surface area (Å²) in [6.45, 7) is 3.38. The monoisotopic (exact) mass is 230 g/mol. The van der Waals surface area contributed by atoms with Crippen molar-refractivity contribution in [2.75, 3.05) is 26.7 Å². The van der Waals surface area contributed by atoms with Crippen LogP contribution in [-0.4, -0.2) is 54.9 Å². The number of carboxylic acids is 1. The van der Waals surface area contributed by atoms with Gasteiger partial charge in [0.25, 0.3) is 0 Å². The molecule has 0 saturated carbocycles. The molecule has 1 aliphatic rings. The molecule has 92 valence electrons. The van der Waals surface area contributed by atoms with Crippen LogP contribution in [-0.2, 0) is 9.53 Å². The van der Waals surface area contributed by atoms with Crippen LogP contribution in [0.1, 0.15) is 13.3 Å². The molecule has 0 aromatic rings. The number of hydrogen-bond acceptors (Lipinski definition) is 4. The Morgan fingerprint density at radius 2 is 2.19 bits per heavy atom. The molecule has 1 rings (SSSR count). The molecule has 0 aromatic heterocycles. The number of carbonyl (C=O) groups excluding carboxylic acids is 1. The van der Waals surface area contributed by atoms with Gasteiger partial charge in [0.15, 0.2) is 0 Å². The smallest absolute Gasteiger partial charge is 0.407 e. The van der Waals surface area contributed by atoms with Crippen LogP contribution in [0.3, 0.4) is 0 Å². The van der Waals surface area contributed by atoms with Crippen molar-refractivity contribution in [1.82, 2.24) is 10.2 Å². The van der Waals surface area contributed by atoms with Crippen molar-refractivity contribution in [2.24, 2.45) is 5.92 Å². The lowest BCUT2D eigenvalue weighted by Crippen LogP contribution is -2.51. The first kappa shape index (κ1) is 12.8. The van der Waals surface area contributed by atoms with Gasteiger partial charge in [-0.2, -0.15) is 0 Å². The minimum absolute atomic E-state index is 0.0176. The van der Waals surface area contributed by atoms with E-state index in [1.54, 1.807) is 0 Å². The molecule has 1 aliphatic heterocycles. The zero-order valence-corrected chi connectivity index (χ0v) is 9.60. The number of carboxylic acid groups (broad SMARTS) is 1. The van der Waals surface area contributed by atoms with Crippen molar-refractivity contribution >= 4 is 12.1 Å². The molecule has 0 aromatic carbocycles. The van der Waals surface area contributed by atoms with Crippen LogP contribution in [0, 0.1) is 5.92 Å². The van der Waals surface area contributed by atoms with Gasteiger partial charge in [0, 0.05) is 19.1 Å². The Hall–Kier alpha value is -1.30. The molecule has 16 heavy (non-hydrogen) atoms. The quantitative estimate of drug-likeness (QED) is 0.721. The van der Waals surface area contributed by atoms with Gasteiger partial charge >= 0.3 is 12.1 Å². The van der Waals surface area contributed by atoms with Crippen molar-refractivity contribution < 1.29 is 19.4 Å². The number of ether oxygens (including phenoxy) is 1. The number of hydrogen-bond donors (Lipinski definition) is 2. The molecule has 6 heteroatoms. The summed E-state index contributed by atoms with van der Waals surface area (Å²) < 4.78 is 4.52. The summed E-state index contributed by atoms with van der Waals surface area (Å²) in [7, 11) is 1.32. The van der Waals surface area contributed by atoms with E-state index in [4.69, 9.17) is 5.11 Å². The Balaban J connectivity index is 2.47. The van der Waals surface area contributed by atoms with E-state index in [1.165, 1.54) is 7.11 Å². The number of amides is 1. The molecule has 0 bridgehead atoms. The van der Waals surface area contributed by atoms with Crippen molar-refractivity contribution in [2.45, 2.75) is 19.4 Å². The maximum atomic E-state index is 11.0. The molecule has 6 nitrogen and oxygen atoms in total.